The van der Waals surface area contributed by atoms with Crippen LogP contribution in [0.3, 0.4) is 0 Å². The van der Waals surface area contributed by atoms with Crippen LogP contribution in [0, 0.1) is 4.64 Å². The Hall–Kier alpha value is -0.300. The number of aromatic nitrogens is 2. The van der Waals surface area contributed by atoms with Crippen LogP contribution >= 0.6 is 28.1 Å². The highest BCUT2D eigenvalue weighted by atomic mass is 79.9. The number of rotatable bonds is 6. The van der Waals surface area contributed by atoms with Crippen LogP contribution in [0.15, 0.2) is 4.47 Å². The molecule has 1 aromatic rings. The maximum atomic E-state index is 5.16. The van der Waals surface area contributed by atoms with Crippen molar-refractivity contribution < 1.29 is 9.47 Å². The maximum absolute atomic E-state index is 5.16. The highest BCUT2D eigenvalue weighted by Crippen LogP contribution is 2.16. The minimum Gasteiger partial charge on any atom is -0.385 e. The molecule has 0 saturated heterocycles. The number of ether oxygens (including phenoxy) is 2. The molecule has 0 aliphatic heterocycles. The van der Waals surface area contributed by atoms with Crippen LogP contribution in [0.25, 0.3) is 0 Å². The van der Waals surface area contributed by atoms with Crippen molar-refractivity contribution >= 4 is 28.1 Å². The fourth-order valence-electron chi connectivity index (χ4n) is 1.30. The van der Waals surface area contributed by atoms with Gasteiger partial charge in [0.15, 0.2) is 0 Å². The Morgan fingerprint density at radius 2 is 2.12 bits per heavy atom. The summed E-state index contributed by atoms with van der Waals surface area (Å²) in [6, 6.07) is 0. The average molecular weight is 307 g/mol. The average Bonchev–Trinajstić information content (AvgIpc) is 2.26. The quantitative estimate of drug-likeness (QED) is 0.648. The smallest absolute Gasteiger partial charge is 0.144 e. The molecule has 0 unspecified atom stereocenters. The van der Waals surface area contributed by atoms with E-state index in [1.165, 1.54) is 0 Å². The lowest BCUT2D eigenvalue weighted by molar-refractivity contribution is 0.180. The Balaban J connectivity index is 2.82. The van der Waals surface area contributed by atoms with E-state index in [-0.39, 0.29) is 0 Å². The summed E-state index contributed by atoms with van der Waals surface area (Å²) in [7, 11) is 3.34. The normalized spacial score (nSPS) is 10.7. The van der Waals surface area contributed by atoms with Crippen LogP contribution in [-0.4, -0.2) is 30.8 Å². The fourth-order valence-corrected chi connectivity index (χ4v) is 1.84. The zero-order chi connectivity index (χ0) is 12.0. The van der Waals surface area contributed by atoms with E-state index < -0.39 is 0 Å². The van der Waals surface area contributed by atoms with Gasteiger partial charge in [0.25, 0.3) is 0 Å². The molecule has 0 fully saturated rings. The zero-order valence-corrected chi connectivity index (χ0v) is 11.8. The van der Waals surface area contributed by atoms with Gasteiger partial charge in [0.05, 0.1) is 16.8 Å². The molecule has 0 aromatic carbocycles. The topological polar surface area (TPSA) is 47.1 Å². The first-order valence-corrected chi connectivity index (χ1v) is 6.14. The molecular weight excluding hydrogens is 292 g/mol. The van der Waals surface area contributed by atoms with Crippen molar-refractivity contribution in [2.24, 2.45) is 0 Å². The minimum atomic E-state index is 0.490. The molecule has 1 heterocycles. The summed E-state index contributed by atoms with van der Waals surface area (Å²) >= 11 is 8.55. The molecule has 90 valence electrons. The van der Waals surface area contributed by atoms with Crippen molar-refractivity contribution in [1.29, 1.82) is 0 Å². The maximum Gasteiger partial charge on any atom is 0.144 e. The zero-order valence-electron chi connectivity index (χ0n) is 9.38. The number of hydrogen-bond acceptors (Lipinski definition) is 4. The summed E-state index contributed by atoms with van der Waals surface area (Å²) in [6.45, 7) is 1.21. The van der Waals surface area contributed by atoms with E-state index in [1.54, 1.807) is 14.2 Å². The first kappa shape index (κ1) is 13.8. The number of nitrogens with zero attached hydrogens (tertiary/aromatic N) is 1. The second-order valence-electron chi connectivity index (χ2n) is 3.31. The number of halogens is 1. The molecule has 0 aliphatic rings. The van der Waals surface area contributed by atoms with Crippen molar-refractivity contribution in [1.82, 2.24) is 9.97 Å². The molecule has 0 spiro atoms. The summed E-state index contributed by atoms with van der Waals surface area (Å²) in [5, 5.41) is 0. The molecule has 0 aliphatic carbocycles. The monoisotopic (exact) mass is 306 g/mol. The number of hydrogen-bond donors (Lipinski definition) is 1. The van der Waals surface area contributed by atoms with Crippen LogP contribution < -0.4 is 0 Å². The predicted molar refractivity (Wildman–Crippen MR) is 68.0 cm³/mol. The molecule has 0 saturated carbocycles. The van der Waals surface area contributed by atoms with Gasteiger partial charge in [-0.15, -0.1) is 0 Å². The van der Waals surface area contributed by atoms with E-state index in [0.717, 1.165) is 35.4 Å². The predicted octanol–water partition coefficient (Wildman–Crippen LogP) is 2.63. The molecule has 16 heavy (non-hydrogen) atoms. The number of nitrogens with one attached hydrogen (secondary N) is 1. The van der Waals surface area contributed by atoms with Gasteiger partial charge in [-0.2, -0.15) is 0 Å². The molecule has 0 bridgehead atoms. The summed E-state index contributed by atoms with van der Waals surface area (Å²) in [4.78, 5) is 7.50. The molecule has 0 atom stereocenters. The Bertz CT molecular complexity index is 395. The van der Waals surface area contributed by atoms with Crippen molar-refractivity contribution in [3.63, 3.8) is 0 Å². The third-order valence-corrected chi connectivity index (χ3v) is 3.45. The highest BCUT2D eigenvalue weighted by molar-refractivity contribution is 9.10. The van der Waals surface area contributed by atoms with Gasteiger partial charge < -0.3 is 14.5 Å². The molecule has 1 N–H and O–H groups in total. The Labute approximate surface area is 109 Å². The van der Waals surface area contributed by atoms with Crippen molar-refractivity contribution in [2.45, 2.75) is 19.4 Å². The van der Waals surface area contributed by atoms with Gasteiger partial charge in [0, 0.05) is 27.2 Å². The van der Waals surface area contributed by atoms with Crippen LogP contribution in [-0.2, 0) is 22.5 Å². The third kappa shape index (κ3) is 3.93. The molecule has 1 rings (SSSR count). The van der Waals surface area contributed by atoms with Gasteiger partial charge in [0.1, 0.15) is 10.5 Å². The largest absolute Gasteiger partial charge is 0.385 e. The second kappa shape index (κ2) is 7.11. The summed E-state index contributed by atoms with van der Waals surface area (Å²) in [6.07, 6.45) is 1.74. The second-order valence-corrected chi connectivity index (χ2v) is 4.49. The lowest BCUT2D eigenvalue weighted by Crippen LogP contribution is -2.04. The van der Waals surface area contributed by atoms with Crippen LogP contribution in [0.2, 0.25) is 0 Å². The Kier molecular flexibility index (Phi) is 6.12. The van der Waals surface area contributed by atoms with E-state index in [4.69, 9.17) is 21.7 Å². The number of methoxy groups -OCH3 is 2. The first-order chi connectivity index (χ1) is 7.69. The van der Waals surface area contributed by atoms with Gasteiger partial charge >= 0.3 is 0 Å². The van der Waals surface area contributed by atoms with E-state index in [0.29, 0.717) is 11.2 Å². The summed E-state index contributed by atoms with van der Waals surface area (Å²) in [5.41, 5.74) is 0.926. The van der Waals surface area contributed by atoms with Gasteiger partial charge in [-0.05, 0) is 22.4 Å². The number of aromatic amines is 1. The van der Waals surface area contributed by atoms with Gasteiger partial charge in [-0.1, -0.05) is 12.2 Å². The highest BCUT2D eigenvalue weighted by Gasteiger charge is 2.05. The van der Waals surface area contributed by atoms with Gasteiger partial charge in [-0.3, -0.25) is 0 Å². The molecule has 0 radical (unpaired) electrons. The first-order valence-electron chi connectivity index (χ1n) is 4.94. The Morgan fingerprint density at radius 3 is 2.75 bits per heavy atom. The Morgan fingerprint density at radius 1 is 1.38 bits per heavy atom. The number of H-pyrrole nitrogens is 1. The van der Waals surface area contributed by atoms with Crippen molar-refractivity contribution in [2.75, 3.05) is 20.8 Å². The van der Waals surface area contributed by atoms with Gasteiger partial charge in [-0.25, -0.2) is 4.98 Å². The molecule has 4 nitrogen and oxygen atoms in total. The van der Waals surface area contributed by atoms with E-state index in [9.17, 15) is 0 Å². The van der Waals surface area contributed by atoms with E-state index in [2.05, 4.69) is 25.9 Å². The minimum absolute atomic E-state index is 0.490. The molecule has 1 aromatic heterocycles. The van der Waals surface area contributed by atoms with Crippen molar-refractivity contribution in [3.8, 4) is 0 Å². The van der Waals surface area contributed by atoms with Crippen LogP contribution in [0.5, 0.6) is 0 Å². The molecule has 6 heteroatoms. The van der Waals surface area contributed by atoms with E-state index >= 15 is 0 Å². The standard InChI is InChI=1S/C10H15BrN2O2S/c1-14-5-3-4-8-12-7(6-15-2)9(11)10(16)13-8/h3-6H2,1-2H3,(H,12,13,16). The summed E-state index contributed by atoms with van der Waals surface area (Å²) in [5.74, 6) is 0.872. The van der Waals surface area contributed by atoms with Crippen LogP contribution in [0.4, 0.5) is 0 Å². The summed E-state index contributed by atoms with van der Waals surface area (Å²) < 4.78 is 11.5. The van der Waals surface area contributed by atoms with Gasteiger partial charge in [0.2, 0.25) is 0 Å². The van der Waals surface area contributed by atoms with E-state index in [1.807, 2.05) is 0 Å². The van der Waals surface area contributed by atoms with Crippen molar-refractivity contribution in [3.05, 3.63) is 20.6 Å². The fraction of sp³-hybridized carbons (Fsp3) is 0.600. The van der Waals surface area contributed by atoms with Crippen LogP contribution in [0.1, 0.15) is 17.9 Å². The molecule has 0 amide bonds. The SMILES string of the molecule is COCCCc1nc(=S)c(Br)c(COC)[nH]1. The molecular formula is C10H15BrN2O2S. The third-order valence-electron chi connectivity index (χ3n) is 2.04. The lowest BCUT2D eigenvalue weighted by atomic mass is 10.3. The lowest BCUT2D eigenvalue weighted by Gasteiger charge is -2.07. The number of aryl methyl sites for hydroxylation is 1.